The van der Waals surface area contributed by atoms with Crippen molar-refractivity contribution in [1.82, 2.24) is 9.97 Å². The summed E-state index contributed by atoms with van der Waals surface area (Å²) in [6, 6.07) is 0. The Kier molecular flexibility index (Phi) is 1.92. The van der Waals surface area contributed by atoms with Crippen molar-refractivity contribution in [3.63, 3.8) is 0 Å². The lowest BCUT2D eigenvalue weighted by Gasteiger charge is -2.19. The van der Waals surface area contributed by atoms with Crippen molar-refractivity contribution >= 4 is 5.95 Å². The minimum atomic E-state index is 0.770. The Hall–Kier alpha value is -1.16. The van der Waals surface area contributed by atoms with Crippen LogP contribution in [0.25, 0.3) is 0 Å². The molecule has 2 N–H and O–H groups in total. The summed E-state index contributed by atoms with van der Waals surface area (Å²) in [5.74, 6) is 3.26. The largest absolute Gasteiger partial charge is 0.340 e. The number of aromatic nitrogens is 2. The second-order valence-electron chi connectivity index (χ2n) is 4.69. The molecular formula is C11H16N4. The predicted octanol–water partition coefficient (Wildman–Crippen LogP) is 0.426. The van der Waals surface area contributed by atoms with Gasteiger partial charge in [0.05, 0.1) is 0 Å². The molecule has 2 aliphatic rings. The summed E-state index contributed by atoms with van der Waals surface area (Å²) in [6.45, 7) is 5.04. The molecule has 1 unspecified atom stereocenters. The molecule has 80 valence electrons. The molecule has 1 aromatic rings. The molecule has 1 aromatic heterocycles. The van der Waals surface area contributed by atoms with Crippen molar-refractivity contribution in [3.05, 3.63) is 18.0 Å². The van der Waals surface area contributed by atoms with E-state index in [2.05, 4.69) is 14.9 Å². The van der Waals surface area contributed by atoms with E-state index in [-0.39, 0.29) is 0 Å². The highest BCUT2D eigenvalue weighted by atomic mass is 15.3. The molecule has 4 nitrogen and oxygen atoms in total. The third-order valence-electron chi connectivity index (χ3n) is 3.69. The number of aryl methyl sites for hydroxylation is 1. The minimum absolute atomic E-state index is 0.770. The first-order valence-electron chi connectivity index (χ1n) is 5.53. The first kappa shape index (κ1) is 9.09. The van der Waals surface area contributed by atoms with E-state index >= 15 is 0 Å². The van der Waals surface area contributed by atoms with Crippen molar-refractivity contribution in [2.45, 2.75) is 6.92 Å². The molecule has 3 atom stereocenters. The molecule has 4 heteroatoms. The Morgan fingerprint density at radius 3 is 2.47 bits per heavy atom. The van der Waals surface area contributed by atoms with E-state index in [0.717, 1.165) is 48.9 Å². The zero-order chi connectivity index (χ0) is 10.4. The van der Waals surface area contributed by atoms with Crippen LogP contribution in [0.4, 0.5) is 5.95 Å². The fourth-order valence-electron chi connectivity index (χ4n) is 2.71. The molecule has 0 amide bonds. The maximum absolute atomic E-state index is 5.68. The van der Waals surface area contributed by atoms with Crippen LogP contribution in [0.1, 0.15) is 5.56 Å². The van der Waals surface area contributed by atoms with Gasteiger partial charge < -0.3 is 10.6 Å². The van der Waals surface area contributed by atoms with Crippen LogP contribution in [0.5, 0.6) is 0 Å². The van der Waals surface area contributed by atoms with Crippen molar-refractivity contribution in [2.24, 2.45) is 23.5 Å². The van der Waals surface area contributed by atoms with Crippen LogP contribution in [0.15, 0.2) is 12.4 Å². The number of fused-ring (bicyclic) bond motifs is 1. The molecule has 2 heterocycles. The van der Waals surface area contributed by atoms with Gasteiger partial charge in [-0.2, -0.15) is 0 Å². The quantitative estimate of drug-likeness (QED) is 0.759. The number of piperidine rings is 1. The molecular weight excluding hydrogens is 188 g/mol. The first-order valence-corrected chi connectivity index (χ1v) is 5.53. The summed E-state index contributed by atoms with van der Waals surface area (Å²) in [7, 11) is 0. The second kappa shape index (κ2) is 3.17. The molecule has 1 aliphatic heterocycles. The Morgan fingerprint density at radius 1 is 1.33 bits per heavy atom. The third-order valence-corrected chi connectivity index (χ3v) is 3.69. The molecule has 1 saturated heterocycles. The molecule has 1 saturated carbocycles. The van der Waals surface area contributed by atoms with E-state index in [4.69, 9.17) is 5.73 Å². The Balaban J connectivity index is 1.69. The van der Waals surface area contributed by atoms with Crippen LogP contribution in [-0.4, -0.2) is 29.6 Å². The van der Waals surface area contributed by atoms with Crippen LogP contribution >= 0.6 is 0 Å². The summed E-state index contributed by atoms with van der Waals surface area (Å²) < 4.78 is 0. The molecule has 3 rings (SSSR count). The standard InChI is InChI=1S/C11H16N4/c1-7-3-13-11(14-4-7)15-5-9-8(2-12)10(9)6-15/h3-4,8-10H,2,5-6,12H2,1H3/t8?,9-,10+. The lowest BCUT2D eigenvalue weighted by molar-refractivity contribution is 0.639. The van der Waals surface area contributed by atoms with Gasteiger partial charge in [-0.1, -0.05) is 0 Å². The van der Waals surface area contributed by atoms with Gasteiger partial charge in [-0.15, -0.1) is 0 Å². The highest BCUT2D eigenvalue weighted by Crippen LogP contribution is 2.51. The molecule has 15 heavy (non-hydrogen) atoms. The van der Waals surface area contributed by atoms with Gasteiger partial charge in [-0.05, 0) is 36.8 Å². The van der Waals surface area contributed by atoms with Crippen molar-refractivity contribution < 1.29 is 0 Å². The monoisotopic (exact) mass is 204 g/mol. The van der Waals surface area contributed by atoms with E-state index in [9.17, 15) is 0 Å². The van der Waals surface area contributed by atoms with E-state index < -0.39 is 0 Å². The SMILES string of the molecule is Cc1cnc(N2C[C@@H]3C(CN)[C@@H]3C2)nc1. The Bertz CT molecular complexity index is 349. The van der Waals surface area contributed by atoms with Crippen molar-refractivity contribution in [3.8, 4) is 0 Å². The predicted molar refractivity (Wildman–Crippen MR) is 58.5 cm³/mol. The summed E-state index contributed by atoms with van der Waals surface area (Å²) in [4.78, 5) is 11.0. The van der Waals surface area contributed by atoms with Crippen LogP contribution in [0.3, 0.4) is 0 Å². The van der Waals surface area contributed by atoms with Gasteiger partial charge in [0.25, 0.3) is 0 Å². The fraction of sp³-hybridized carbons (Fsp3) is 0.636. The average Bonchev–Trinajstić information content (AvgIpc) is 2.72. The summed E-state index contributed by atoms with van der Waals surface area (Å²) >= 11 is 0. The zero-order valence-corrected chi connectivity index (χ0v) is 8.93. The maximum atomic E-state index is 5.68. The first-order chi connectivity index (χ1) is 7.29. The number of hydrogen-bond donors (Lipinski definition) is 1. The van der Waals surface area contributed by atoms with Crippen molar-refractivity contribution in [2.75, 3.05) is 24.5 Å². The van der Waals surface area contributed by atoms with Crippen molar-refractivity contribution in [1.29, 1.82) is 0 Å². The number of hydrogen-bond acceptors (Lipinski definition) is 4. The molecule has 2 fully saturated rings. The van der Waals surface area contributed by atoms with Gasteiger partial charge in [0.2, 0.25) is 5.95 Å². The van der Waals surface area contributed by atoms with Gasteiger partial charge in [-0.3, -0.25) is 0 Å². The van der Waals surface area contributed by atoms with Gasteiger partial charge in [0.1, 0.15) is 0 Å². The van der Waals surface area contributed by atoms with E-state index in [0.29, 0.717) is 0 Å². The fourth-order valence-corrected chi connectivity index (χ4v) is 2.71. The highest BCUT2D eigenvalue weighted by Gasteiger charge is 2.55. The van der Waals surface area contributed by atoms with Gasteiger partial charge in [-0.25, -0.2) is 9.97 Å². The number of nitrogens with zero attached hydrogens (tertiary/aromatic N) is 3. The summed E-state index contributed by atoms with van der Waals surface area (Å²) in [5.41, 5.74) is 6.79. The lowest BCUT2D eigenvalue weighted by atomic mass is 10.3. The summed E-state index contributed by atoms with van der Waals surface area (Å²) in [5, 5.41) is 0. The van der Waals surface area contributed by atoms with Gasteiger partial charge in [0.15, 0.2) is 0 Å². The minimum Gasteiger partial charge on any atom is -0.340 e. The Morgan fingerprint density at radius 2 is 1.93 bits per heavy atom. The molecule has 0 spiro atoms. The van der Waals surface area contributed by atoms with Gasteiger partial charge >= 0.3 is 0 Å². The molecule has 1 aliphatic carbocycles. The van der Waals surface area contributed by atoms with Crippen LogP contribution < -0.4 is 10.6 Å². The molecule has 0 aromatic carbocycles. The zero-order valence-electron chi connectivity index (χ0n) is 8.93. The Labute approximate surface area is 89.5 Å². The number of nitrogens with two attached hydrogens (primary N) is 1. The maximum Gasteiger partial charge on any atom is 0.225 e. The third kappa shape index (κ3) is 1.40. The normalized spacial score (nSPS) is 32.9. The highest BCUT2D eigenvalue weighted by molar-refractivity contribution is 5.35. The van der Waals surface area contributed by atoms with E-state index in [1.165, 1.54) is 0 Å². The van der Waals surface area contributed by atoms with Crippen LogP contribution in [0.2, 0.25) is 0 Å². The van der Waals surface area contributed by atoms with Crippen LogP contribution in [-0.2, 0) is 0 Å². The second-order valence-corrected chi connectivity index (χ2v) is 4.69. The number of rotatable bonds is 2. The molecule has 0 bridgehead atoms. The lowest BCUT2D eigenvalue weighted by Crippen LogP contribution is -2.27. The van der Waals surface area contributed by atoms with E-state index in [1.807, 2.05) is 19.3 Å². The average molecular weight is 204 g/mol. The van der Waals surface area contributed by atoms with Gasteiger partial charge in [0, 0.05) is 25.5 Å². The topological polar surface area (TPSA) is 55.0 Å². The number of anilines is 1. The smallest absolute Gasteiger partial charge is 0.225 e. The van der Waals surface area contributed by atoms with E-state index in [1.54, 1.807) is 0 Å². The van der Waals surface area contributed by atoms with Crippen LogP contribution in [0, 0.1) is 24.7 Å². The molecule has 0 radical (unpaired) electrons. The summed E-state index contributed by atoms with van der Waals surface area (Å²) in [6.07, 6.45) is 3.76.